The second-order valence-electron chi connectivity index (χ2n) is 5.55. The Morgan fingerprint density at radius 1 is 1.11 bits per heavy atom. The van der Waals surface area contributed by atoms with E-state index in [0.717, 1.165) is 16.6 Å². The number of ether oxygens (including phenoxy) is 2. The van der Waals surface area contributed by atoms with Gasteiger partial charge in [0, 0.05) is 25.9 Å². The molecule has 0 N–H and O–H groups in total. The van der Waals surface area contributed by atoms with Gasteiger partial charge in [0.05, 0.1) is 18.2 Å². The van der Waals surface area contributed by atoms with Crippen molar-refractivity contribution in [2.45, 2.75) is 11.6 Å². The van der Waals surface area contributed by atoms with E-state index >= 15 is 0 Å². The van der Waals surface area contributed by atoms with Crippen LogP contribution < -0.4 is 0 Å². The molecule has 0 aliphatic heterocycles. The molecule has 2 rings (SSSR count). The minimum atomic E-state index is -3.72. The number of esters is 2. The molecule has 1 aromatic carbocycles. The first-order chi connectivity index (χ1) is 12.7. The number of benzene rings is 1. The molecule has 27 heavy (non-hydrogen) atoms. The number of sulfonamides is 1. The predicted octanol–water partition coefficient (Wildman–Crippen LogP) is 1.61. The minimum Gasteiger partial charge on any atom is -0.465 e. The molecule has 8 nitrogen and oxygen atoms in total. The van der Waals surface area contributed by atoms with Gasteiger partial charge in [-0.25, -0.2) is 31.7 Å². The van der Waals surface area contributed by atoms with Crippen LogP contribution >= 0.6 is 0 Å². The molecule has 0 bridgehead atoms. The summed E-state index contributed by atoms with van der Waals surface area (Å²) in [6, 6.07) is 5.95. The molecule has 0 fully saturated rings. The van der Waals surface area contributed by atoms with E-state index in [2.05, 4.69) is 9.72 Å². The van der Waals surface area contributed by atoms with Crippen LogP contribution in [0.2, 0.25) is 0 Å². The van der Waals surface area contributed by atoms with E-state index < -0.39 is 34.4 Å². The molecule has 0 radical (unpaired) electrons. The highest BCUT2D eigenvalue weighted by Gasteiger charge is 2.20. The van der Waals surface area contributed by atoms with E-state index in [0.29, 0.717) is 0 Å². The molecule has 10 heteroatoms. The van der Waals surface area contributed by atoms with Crippen molar-refractivity contribution in [2.75, 3.05) is 21.2 Å². The third-order valence-corrected chi connectivity index (χ3v) is 5.27. The van der Waals surface area contributed by atoms with Gasteiger partial charge in [-0.3, -0.25) is 0 Å². The molecule has 0 unspecified atom stereocenters. The summed E-state index contributed by atoms with van der Waals surface area (Å²) in [5, 5.41) is -0.221. The Labute approximate surface area is 155 Å². The summed E-state index contributed by atoms with van der Waals surface area (Å²) in [7, 11) is 0.189. The Morgan fingerprint density at radius 2 is 1.78 bits per heavy atom. The van der Waals surface area contributed by atoms with Crippen LogP contribution in [0.15, 0.2) is 41.6 Å². The molecular formula is C17H17FN2O6S. The largest absolute Gasteiger partial charge is 0.465 e. The number of halogens is 1. The van der Waals surface area contributed by atoms with Crippen LogP contribution in [0.4, 0.5) is 4.39 Å². The van der Waals surface area contributed by atoms with Crippen molar-refractivity contribution in [1.29, 1.82) is 0 Å². The highest BCUT2D eigenvalue weighted by atomic mass is 32.2. The maximum Gasteiger partial charge on any atom is 0.340 e. The van der Waals surface area contributed by atoms with Crippen LogP contribution in [-0.2, 0) is 26.1 Å². The molecule has 1 heterocycles. The number of carbonyl (C=O) groups excluding carboxylic acids is 2. The van der Waals surface area contributed by atoms with Gasteiger partial charge in [0.25, 0.3) is 10.0 Å². The van der Waals surface area contributed by atoms with E-state index in [4.69, 9.17) is 4.74 Å². The van der Waals surface area contributed by atoms with E-state index in [1.54, 1.807) is 0 Å². The molecule has 0 saturated carbocycles. The fourth-order valence-corrected chi connectivity index (χ4v) is 2.80. The first-order valence-electron chi connectivity index (χ1n) is 7.59. The van der Waals surface area contributed by atoms with E-state index in [1.165, 1.54) is 45.5 Å². The van der Waals surface area contributed by atoms with Gasteiger partial charge >= 0.3 is 11.9 Å². The summed E-state index contributed by atoms with van der Waals surface area (Å²) in [4.78, 5) is 27.3. The number of nitrogens with zero attached hydrogens (tertiary/aromatic N) is 2. The van der Waals surface area contributed by atoms with Crippen molar-refractivity contribution in [3.05, 3.63) is 59.0 Å². The van der Waals surface area contributed by atoms with Gasteiger partial charge in [-0.05, 0) is 30.3 Å². The summed E-state index contributed by atoms with van der Waals surface area (Å²) in [6.07, 6.45) is 1.06. The lowest BCUT2D eigenvalue weighted by Gasteiger charge is -2.11. The molecule has 0 aliphatic carbocycles. The molecule has 2 aromatic rings. The van der Waals surface area contributed by atoms with E-state index in [1.807, 2.05) is 0 Å². The molecule has 0 aliphatic rings. The van der Waals surface area contributed by atoms with Crippen LogP contribution in [0.3, 0.4) is 0 Å². The zero-order chi connectivity index (χ0) is 20.2. The average Bonchev–Trinajstić information content (AvgIpc) is 2.66. The van der Waals surface area contributed by atoms with Gasteiger partial charge in [-0.1, -0.05) is 0 Å². The lowest BCUT2D eigenvalue weighted by atomic mass is 10.1. The fraction of sp³-hybridized carbons (Fsp3) is 0.235. The average molecular weight is 396 g/mol. The zero-order valence-electron chi connectivity index (χ0n) is 14.8. The normalized spacial score (nSPS) is 11.3. The molecule has 0 amide bonds. The van der Waals surface area contributed by atoms with Gasteiger partial charge in [0.2, 0.25) is 0 Å². The fourth-order valence-electron chi connectivity index (χ4n) is 2.00. The van der Waals surface area contributed by atoms with E-state index in [-0.39, 0.29) is 21.7 Å². The third kappa shape index (κ3) is 4.66. The van der Waals surface area contributed by atoms with E-state index in [9.17, 15) is 22.4 Å². The van der Waals surface area contributed by atoms with Crippen molar-refractivity contribution >= 4 is 22.0 Å². The second kappa shape index (κ2) is 8.23. The summed E-state index contributed by atoms with van der Waals surface area (Å²) in [6.45, 7) is -0.423. The summed E-state index contributed by atoms with van der Waals surface area (Å²) in [5.74, 6) is -2.12. The quantitative estimate of drug-likeness (QED) is 0.684. The van der Waals surface area contributed by atoms with Crippen molar-refractivity contribution < 1.29 is 31.9 Å². The van der Waals surface area contributed by atoms with Crippen LogP contribution in [-0.4, -0.2) is 50.9 Å². The highest BCUT2D eigenvalue weighted by Crippen LogP contribution is 2.15. The van der Waals surface area contributed by atoms with Crippen molar-refractivity contribution in [3.8, 4) is 0 Å². The number of hydrogen-bond acceptors (Lipinski definition) is 7. The van der Waals surface area contributed by atoms with Gasteiger partial charge in [-0.15, -0.1) is 0 Å². The van der Waals surface area contributed by atoms with Crippen molar-refractivity contribution in [3.63, 3.8) is 0 Å². The van der Waals surface area contributed by atoms with Crippen molar-refractivity contribution in [1.82, 2.24) is 9.29 Å². The highest BCUT2D eigenvalue weighted by molar-refractivity contribution is 7.89. The Morgan fingerprint density at radius 3 is 2.33 bits per heavy atom. The van der Waals surface area contributed by atoms with Gasteiger partial charge in [0.1, 0.15) is 12.4 Å². The van der Waals surface area contributed by atoms with Crippen LogP contribution in [0, 0.1) is 5.82 Å². The number of methoxy groups -OCH3 is 1. The summed E-state index contributed by atoms with van der Waals surface area (Å²) < 4.78 is 48.3. The van der Waals surface area contributed by atoms with Gasteiger partial charge in [0.15, 0.2) is 5.03 Å². The number of aromatic nitrogens is 1. The first kappa shape index (κ1) is 20.5. The Kier molecular flexibility index (Phi) is 6.24. The van der Waals surface area contributed by atoms with Crippen LogP contribution in [0.25, 0.3) is 0 Å². The second-order valence-corrected chi connectivity index (χ2v) is 7.65. The molecule has 0 spiro atoms. The van der Waals surface area contributed by atoms with Crippen LogP contribution in [0.1, 0.15) is 26.3 Å². The first-order valence-corrected chi connectivity index (χ1v) is 9.03. The lowest BCUT2D eigenvalue weighted by molar-refractivity contribution is 0.0468. The molecule has 1 aromatic heterocycles. The Balaban J connectivity index is 2.11. The molecular weight excluding hydrogens is 379 g/mol. The van der Waals surface area contributed by atoms with Gasteiger partial charge < -0.3 is 9.47 Å². The summed E-state index contributed by atoms with van der Waals surface area (Å²) >= 11 is 0. The van der Waals surface area contributed by atoms with Gasteiger partial charge in [-0.2, -0.15) is 0 Å². The minimum absolute atomic E-state index is 0.00256. The SMILES string of the molecule is COC(=O)c1ccc(F)c(COC(=O)c2ccc(S(=O)(=O)N(C)C)nc2)c1. The Bertz CT molecular complexity index is 958. The predicted molar refractivity (Wildman–Crippen MR) is 92.0 cm³/mol. The third-order valence-electron chi connectivity index (χ3n) is 3.54. The van der Waals surface area contributed by atoms with Crippen molar-refractivity contribution in [2.24, 2.45) is 0 Å². The standard InChI is InChI=1S/C17H17FN2O6S/c1-20(2)27(23,24)15-7-5-12(9-19-15)17(22)26-10-13-8-11(16(21)25-3)4-6-14(13)18/h4-9H,10H2,1-3H3. The topological polar surface area (TPSA) is 103 Å². The Hall–Kier alpha value is -2.85. The zero-order valence-corrected chi connectivity index (χ0v) is 15.6. The summed E-state index contributed by atoms with van der Waals surface area (Å²) in [5.41, 5.74) is 0.105. The number of rotatable bonds is 6. The molecule has 144 valence electrons. The number of pyridine rings is 1. The molecule has 0 atom stereocenters. The number of hydrogen-bond donors (Lipinski definition) is 0. The maximum atomic E-state index is 13.8. The molecule has 0 saturated heterocycles. The smallest absolute Gasteiger partial charge is 0.340 e. The lowest BCUT2D eigenvalue weighted by Crippen LogP contribution is -2.23. The monoisotopic (exact) mass is 396 g/mol. The van der Waals surface area contributed by atoms with Crippen LogP contribution in [0.5, 0.6) is 0 Å². The number of carbonyl (C=O) groups is 2. The maximum absolute atomic E-state index is 13.8.